The second-order valence-electron chi connectivity index (χ2n) is 10.6. The molecule has 3 aromatic rings. The summed E-state index contributed by atoms with van der Waals surface area (Å²) in [5, 5.41) is 3.26. The molecule has 0 bridgehead atoms. The Kier molecular flexibility index (Phi) is 11.7. The zero-order valence-corrected chi connectivity index (χ0v) is 23.4. The zero-order chi connectivity index (χ0) is 29.9. The van der Waals surface area contributed by atoms with Crippen LogP contribution in [-0.2, 0) is 31.9 Å². The highest BCUT2D eigenvalue weighted by Crippen LogP contribution is 2.29. The van der Waals surface area contributed by atoms with Crippen LogP contribution in [0.4, 0.5) is 13.2 Å². The molecule has 1 aliphatic heterocycles. The van der Waals surface area contributed by atoms with E-state index in [9.17, 15) is 22.8 Å². The molecular weight excluding hydrogens is 545 g/mol. The van der Waals surface area contributed by atoms with Crippen molar-refractivity contribution >= 4 is 11.8 Å². The highest BCUT2D eigenvalue weighted by molar-refractivity contribution is 5.87. The number of hydrogen-bond donors (Lipinski definition) is 2. The zero-order valence-electron chi connectivity index (χ0n) is 23.4. The predicted molar refractivity (Wildman–Crippen MR) is 154 cm³/mol. The quantitative estimate of drug-likeness (QED) is 0.261. The minimum absolute atomic E-state index is 0.00714. The molecule has 0 unspecified atom stereocenters. The van der Waals surface area contributed by atoms with Gasteiger partial charge in [0.25, 0.3) is 0 Å². The highest BCUT2D eigenvalue weighted by atomic mass is 19.3. The van der Waals surface area contributed by atoms with Gasteiger partial charge in [0, 0.05) is 25.3 Å². The summed E-state index contributed by atoms with van der Waals surface area (Å²) in [5.74, 6) is -1.59. The average molecular weight is 583 g/mol. The summed E-state index contributed by atoms with van der Waals surface area (Å²) in [4.78, 5) is 25.1. The number of hydrogen-bond acceptors (Lipinski definition) is 6. The van der Waals surface area contributed by atoms with Crippen molar-refractivity contribution in [1.82, 2.24) is 5.32 Å². The Balaban J connectivity index is 1.33. The highest BCUT2D eigenvalue weighted by Gasteiger charge is 2.28. The maximum atomic E-state index is 14.3. The molecule has 0 amide bonds. The van der Waals surface area contributed by atoms with Crippen molar-refractivity contribution < 1.29 is 32.2 Å². The lowest BCUT2D eigenvalue weighted by Crippen LogP contribution is -2.49. The number of carbonyl (C=O) groups excluding carboxylic acids is 2. The first kappa shape index (κ1) is 31.4. The van der Waals surface area contributed by atoms with Crippen molar-refractivity contribution in [1.29, 1.82) is 0 Å². The van der Waals surface area contributed by atoms with Crippen LogP contribution in [0.3, 0.4) is 0 Å². The van der Waals surface area contributed by atoms with Gasteiger partial charge >= 0.3 is 5.97 Å². The third-order valence-electron chi connectivity index (χ3n) is 7.50. The van der Waals surface area contributed by atoms with Crippen LogP contribution in [0.5, 0.6) is 0 Å². The van der Waals surface area contributed by atoms with E-state index in [0.29, 0.717) is 31.6 Å². The molecule has 3 atom stereocenters. The van der Waals surface area contributed by atoms with Crippen LogP contribution in [0, 0.1) is 5.82 Å². The van der Waals surface area contributed by atoms with Crippen molar-refractivity contribution in [2.24, 2.45) is 5.73 Å². The Hall–Kier alpha value is -3.53. The van der Waals surface area contributed by atoms with E-state index in [2.05, 4.69) is 5.32 Å². The number of benzene rings is 3. The van der Waals surface area contributed by atoms with Gasteiger partial charge in [0.15, 0.2) is 5.78 Å². The van der Waals surface area contributed by atoms with Crippen molar-refractivity contribution in [2.75, 3.05) is 19.8 Å². The second kappa shape index (κ2) is 15.6. The number of alkyl halides is 2. The largest absolute Gasteiger partial charge is 0.464 e. The third-order valence-corrected chi connectivity index (χ3v) is 7.50. The monoisotopic (exact) mass is 582 g/mol. The smallest absolute Gasteiger partial charge is 0.306 e. The molecule has 3 aromatic carbocycles. The van der Waals surface area contributed by atoms with Crippen LogP contribution >= 0.6 is 0 Å². The van der Waals surface area contributed by atoms with Gasteiger partial charge < -0.3 is 20.5 Å². The predicted octanol–water partition coefficient (Wildman–Crippen LogP) is 4.97. The molecule has 6 nitrogen and oxygen atoms in total. The second-order valence-corrected chi connectivity index (χ2v) is 10.6. The molecule has 0 spiro atoms. The summed E-state index contributed by atoms with van der Waals surface area (Å²) >= 11 is 0. The molecule has 0 saturated carbocycles. The van der Waals surface area contributed by atoms with Gasteiger partial charge in [-0.2, -0.15) is 0 Å². The number of nitrogens with two attached hydrogens (primary N) is 1. The molecule has 0 radical (unpaired) electrons. The van der Waals surface area contributed by atoms with E-state index in [4.69, 9.17) is 15.2 Å². The van der Waals surface area contributed by atoms with Gasteiger partial charge in [0.05, 0.1) is 31.2 Å². The van der Waals surface area contributed by atoms with Gasteiger partial charge in [-0.25, -0.2) is 13.2 Å². The summed E-state index contributed by atoms with van der Waals surface area (Å²) < 4.78 is 49.8. The van der Waals surface area contributed by atoms with Crippen molar-refractivity contribution in [2.45, 2.75) is 62.6 Å². The van der Waals surface area contributed by atoms with E-state index < -0.39 is 30.7 Å². The molecule has 224 valence electrons. The topological polar surface area (TPSA) is 90.7 Å². The van der Waals surface area contributed by atoms with Gasteiger partial charge in [0.2, 0.25) is 6.43 Å². The number of morpholine rings is 1. The fourth-order valence-electron chi connectivity index (χ4n) is 5.19. The number of ketones is 1. The lowest BCUT2D eigenvalue weighted by Gasteiger charge is -2.30. The van der Waals surface area contributed by atoms with E-state index in [1.54, 1.807) is 6.07 Å². The summed E-state index contributed by atoms with van der Waals surface area (Å²) in [6.45, 7) is 0.860. The Morgan fingerprint density at radius 2 is 1.64 bits per heavy atom. The molecular formula is C33H37F3N2O4. The number of aryl methyl sites for hydroxylation is 1. The number of Topliss-reactive ketones (excluding diaryl/α,β-unsaturated/α-hetero) is 1. The van der Waals surface area contributed by atoms with E-state index in [1.165, 1.54) is 12.1 Å². The molecule has 1 aliphatic rings. The van der Waals surface area contributed by atoms with E-state index in [1.807, 2.05) is 60.7 Å². The first-order chi connectivity index (χ1) is 20.3. The van der Waals surface area contributed by atoms with Crippen LogP contribution in [0.1, 0.15) is 47.4 Å². The lowest BCUT2D eigenvalue weighted by molar-refractivity contribution is -0.146. The summed E-state index contributed by atoms with van der Waals surface area (Å²) in [6.07, 6.45) is -2.30. The maximum absolute atomic E-state index is 14.3. The molecule has 1 heterocycles. The normalized spacial score (nSPS) is 17.8. The molecule has 0 aliphatic carbocycles. The van der Waals surface area contributed by atoms with Crippen molar-refractivity contribution in [3.05, 3.63) is 107 Å². The molecule has 4 rings (SSSR count). The molecule has 9 heteroatoms. The summed E-state index contributed by atoms with van der Waals surface area (Å²) in [7, 11) is 0. The van der Waals surface area contributed by atoms with Crippen LogP contribution in [0.2, 0.25) is 0 Å². The number of rotatable bonds is 14. The maximum Gasteiger partial charge on any atom is 0.306 e. The fourth-order valence-corrected chi connectivity index (χ4v) is 5.19. The Labute approximate surface area is 244 Å². The Bertz CT molecular complexity index is 1250. The first-order valence-corrected chi connectivity index (χ1v) is 14.2. The van der Waals surface area contributed by atoms with Crippen molar-refractivity contribution in [3.8, 4) is 0 Å². The van der Waals surface area contributed by atoms with E-state index in [0.717, 1.165) is 16.7 Å². The summed E-state index contributed by atoms with van der Waals surface area (Å²) in [6, 6.07) is 22.8. The molecule has 0 aromatic heterocycles. The Morgan fingerprint density at radius 3 is 2.24 bits per heavy atom. The van der Waals surface area contributed by atoms with Crippen molar-refractivity contribution in [3.63, 3.8) is 0 Å². The number of ether oxygens (including phenoxy) is 2. The average Bonchev–Trinajstić information content (AvgIpc) is 3.00. The van der Waals surface area contributed by atoms with Gasteiger partial charge in [-0.15, -0.1) is 0 Å². The van der Waals surface area contributed by atoms with Crippen LogP contribution in [0.15, 0.2) is 78.9 Å². The lowest BCUT2D eigenvalue weighted by atomic mass is 9.82. The van der Waals surface area contributed by atoms with Gasteiger partial charge in [-0.05, 0) is 47.2 Å². The molecule has 3 N–H and O–H groups in total. The minimum Gasteiger partial charge on any atom is -0.464 e. The Morgan fingerprint density at radius 1 is 0.976 bits per heavy atom. The molecule has 1 saturated heterocycles. The third kappa shape index (κ3) is 9.24. The number of carbonyl (C=O) groups is 2. The van der Waals surface area contributed by atoms with Crippen LogP contribution in [-0.4, -0.2) is 56.1 Å². The standard InChI is InChI=1S/C33H37F3N2O4/c34-26-13-11-22(12-14-28-19-38-27(20-41-28)21-42-31(40)16-15-30(35)36)25(17-26)18-29(39)33(37)32(23-7-3-1-4-8-23)24-9-5-2-6-10-24/h1-11,13,17,27-28,30,32-33,38H,12,14-16,18-21,37H2/t27-,28+,33+/m0/s1. The van der Waals surface area contributed by atoms with Gasteiger partial charge in [-0.1, -0.05) is 66.7 Å². The van der Waals surface area contributed by atoms with Gasteiger partial charge in [0.1, 0.15) is 12.4 Å². The van der Waals surface area contributed by atoms with Gasteiger partial charge in [-0.3, -0.25) is 9.59 Å². The van der Waals surface area contributed by atoms with E-state index in [-0.39, 0.29) is 43.3 Å². The minimum atomic E-state index is -2.54. The number of nitrogens with one attached hydrogen (secondary N) is 1. The SMILES string of the molecule is N[C@H](C(=O)Cc1cc(F)ccc1CC[C@@H]1CN[C@H](COC(=O)CCC(F)F)CO1)C(c1ccccc1)c1ccccc1. The fraction of sp³-hybridized carbons (Fsp3) is 0.394. The van der Waals surface area contributed by atoms with E-state index >= 15 is 0 Å². The van der Waals surface area contributed by atoms with Crippen LogP contribution < -0.4 is 11.1 Å². The van der Waals surface area contributed by atoms with Crippen LogP contribution in [0.25, 0.3) is 0 Å². The summed E-state index contributed by atoms with van der Waals surface area (Å²) in [5.41, 5.74) is 9.93. The first-order valence-electron chi connectivity index (χ1n) is 14.2. The molecule has 42 heavy (non-hydrogen) atoms. The number of halogens is 3. The molecule has 1 fully saturated rings. The number of esters is 1.